The fourth-order valence-corrected chi connectivity index (χ4v) is 4.12. The van der Waals surface area contributed by atoms with Crippen LogP contribution in [0.5, 0.6) is 0 Å². The van der Waals surface area contributed by atoms with E-state index >= 15 is 0 Å². The lowest BCUT2D eigenvalue weighted by Crippen LogP contribution is -2.40. The summed E-state index contributed by atoms with van der Waals surface area (Å²) in [6.07, 6.45) is 2.49. The van der Waals surface area contributed by atoms with Crippen LogP contribution in [0.2, 0.25) is 0 Å². The molecule has 2 aromatic carbocycles. The third-order valence-corrected chi connectivity index (χ3v) is 5.91. The van der Waals surface area contributed by atoms with E-state index in [9.17, 15) is 17.9 Å². The predicted octanol–water partition coefficient (Wildman–Crippen LogP) is 2.36. The Kier molecular flexibility index (Phi) is 6.35. The number of aromatic nitrogens is 1. The van der Waals surface area contributed by atoms with Crippen molar-refractivity contribution in [1.82, 2.24) is 15.0 Å². The maximum absolute atomic E-state index is 12.9. The third kappa shape index (κ3) is 5.11. The Morgan fingerprint density at radius 1 is 1.07 bits per heavy atom. The Morgan fingerprint density at radius 2 is 1.82 bits per heavy atom. The van der Waals surface area contributed by atoms with Crippen LogP contribution in [0.4, 0.5) is 4.39 Å². The number of aliphatic hydroxyl groups is 1. The molecule has 1 heterocycles. The number of aliphatic hydroxyl groups excluding tert-OH is 1. The Labute approximate surface area is 163 Å². The first-order chi connectivity index (χ1) is 13.3. The van der Waals surface area contributed by atoms with Crippen molar-refractivity contribution >= 4 is 20.8 Å². The van der Waals surface area contributed by atoms with Gasteiger partial charge in [0, 0.05) is 36.9 Å². The molecule has 0 spiro atoms. The number of halogens is 1. The van der Waals surface area contributed by atoms with E-state index < -0.39 is 22.2 Å². The molecule has 0 amide bonds. The summed E-state index contributed by atoms with van der Waals surface area (Å²) in [6, 6.07) is 11.9. The summed E-state index contributed by atoms with van der Waals surface area (Å²) in [6.45, 7) is 2.29. The topological polar surface area (TPSA) is 91.3 Å². The summed E-state index contributed by atoms with van der Waals surface area (Å²) in [5, 5.41) is 14.8. The quantitative estimate of drug-likeness (QED) is 0.537. The zero-order valence-corrected chi connectivity index (χ0v) is 16.2. The number of hydrogen-bond donors (Lipinski definition) is 3. The molecule has 0 fully saturated rings. The number of pyridine rings is 1. The molecule has 1 aromatic heterocycles. The van der Waals surface area contributed by atoms with E-state index in [0.29, 0.717) is 12.1 Å². The van der Waals surface area contributed by atoms with Crippen molar-refractivity contribution in [1.29, 1.82) is 0 Å². The summed E-state index contributed by atoms with van der Waals surface area (Å²) in [7, 11) is -3.67. The summed E-state index contributed by atoms with van der Waals surface area (Å²) in [4.78, 5) is 4.20. The maximum Gasteiger partial charge on any atom is 0.240 e. The Morgan fingerprint density at radius 3 is 2.57 bits per heavy atom. The smallest absolute Gasteiger partial charge is 0.240 e. The van der Waals surface area contributed by atoms with Gasteiger partial charge in [0.25, 0.3) is 0 Å². The Balaban J connectivity index is 1.55. The minimum absolute atomic E-state index is 0.185. The van der Waals surface area contributed by atoms with Crippen molar-refractivity contribution in [2.45, 2.75) is 24.0 Å². The van der Waals surface area contributed by atoms with Crippen LogP contribution in [0.25, 0.3) is 10.8 Å². The van der Waals surface area contributed by atoms with Gasteiger partial charge in [0.05, 0.1) is 11.0 Å². The van der Waals surface area contributed by atoms with Gasteiger partial charge in [-0.15, -0.1) is 0 Å². The normalized spacial score (nSPS) is 14.1. The fraction of sp³-hybridized carbons (Fsp3) is 0.250. The third-order valence-electron chi connectivity index (χ3n) is 4.32. The molecular weight excluding hydrogens is 381 g/mol. The van der Waals surface area contributed by atoms with Crippen LogP contribution in [0.1, 0.15) is 18.6 Å². The molecule has 148 valence electrons. The molecule has 0 aliphatic heterocycles. The summed E-state index contributed by atoms with van der Waals surface area (Å²) in [5.41, 5.74) is 0.591. The summed E-state index contributed by atoms with van der Waals surface area (Å²) >= 11 is 0. The number of nitrogens with zero attached hydrogens (tertiary/aromatic N) is 1. The molecule has 8 heteroatoms. The van der Waals surface area contributed by atoms with Gasteiger partial charge < -0.3 is 10.4 Å². The second-order valence-electron chi connectivity index (χ2n) is 6.63. The van der Waals surface area contributed by atoms with Crippen molar-refractivity contribution in [3.63, 3.8) is 0 Å². The number of rotatable bonds is 8. The lowest BCUT2D eigenvalue weighted by atomic mass is 10.1. The van der Waals surface area contributed by atoms with Crippen molar-refractivity contribution in [2.24, 2.45) is 0 Å². The van der Waals surface area contributed by atoms with Crippen LogP contribution in [0.15, 0.2) is 65.8 Å². The minimum atomic E-state index is -3.67. The zero-order chi connectivity index (χ0) is 20.1. The van der Waals surface area contributed by atoms with Crippen LogP contribution in [0, 0.1) is 5.82 Å². The first-order valence-corrected chi connectivity index (χ1v) is 10.3. The van der Waals surface area contributed by atoms with Crippen molar-refractivity contribution in [3.05, 3.63) is 72.3 Å². The van der Waals surface area contributed by atoms with Gasteiger partial charge in [0.2, 0.25) is 10.0 Å². The number of fused-ring (bicyclic) bond motifs is 1. The highest BCUT2D eigenvalue weighted by Gasteiger charge is 2.18. The van der Waals surface area contributed by atoms with Crippen LogP contribution in [-0.2, 0) is 10.0 Å². The van der Waals surface area contributed by atoms with Gasteiger partial charge in [-0.2, -0.15) is 0 Å². The Bertz CT molecular complexity index is 1040. The van der Waals surface area contributed by atoms with E-state index in [1.54, 1.807) is 43.6 Å². The number of sulfonamides is 1. The zero-order valence-electron chi connectivity index (χ0n) is 15.3. The Hall–Kier alpha value is -2.39. The molecule has 0 radical (unpaired) electrons. The first-order valence-electron chi connectivity index (χ1n) is 8.85. The standard InChI is InChI=1S/C20H22FN3O3S/c1-14(11-23-13-20(25)15-2-5-18(21)6-3-15)24-28(26,27)19-7-4-17-12-22-9-8-16(17)10-19/h2-10,12,14,20,23-25H,11,13H2,1H3/t14-,20+/m1/s1. The van der Waals surface area contributed by atoms with E-state index in [-0.39, 0.29) is 17.3 Å². The van der Waals surface area contributed by atoms with Crippen molar-refractivity contribution < 1.29 is 17.9 Å². The largest absolute Gasteiger partial charge is 0.387 e. The molecule has 28 heavy (non-hydrogen) atoms. The van der Waals surface area contributed by atoms with E-state index in [1.807, 2.05) is 0 Å². The lowest BCUT2D eigenvalue weighted by molar-refractivity contribution is 0.174. The lowest BCUT2D eigenvalue weighted by Gasteiger charge is -2.17. The maximum atomic E-state index is 12.9. The van der Waals surface area contributed by atoms with E-state index in [2.05, 4.69) is 15.0 Å². The van der Waals surface area contributed by atoms with Crippen LogP contribution < -0.4 is 10.0 Å². The monoisotopic (exact) mass is 403 g/mol. The molecule has 3 aromatic rings. The molecule has 2 atom stereocenters. The fourth-order valence-electron chi connectivity index (χ4n) is 2.84. The van der Waals surface area contributed by atoms with Gasteiger partial charge in [-0.05, 0) is 48.2 Å². The highest BCUT2D eigenvalue weighted by atomic mass is 32.2. The molecule has 0 saturated carbocycles. The molecule has 0 bridgehead atoms. The van der Waals surface area contributed by atoms with Crippen molar-refractivity contribution in [2.75, 3.05) is 13.1 Å². The molecule has 3 N–H and O–H groups in total. The number of hydrogen-bond acceptors (Lipinski definition) is 5. The van der Waals surface area contributed by atoms with Crippen LogP contribution in [0.3, 0.4) is 0 Å². The van der Waals surface area contributed by atoms with E-state index in [4.69, 9.17) is 0 Å². The molecule has 6 nitrogen and oxygen atoms in total. The van der Waals surface area contributed by atoms with Crippen LogP contribution >= 0.6 is 0 Å². The first kappa shape index (κ1) is 20.3. The molecular formula is C20H22FN3O3S. The minimum Gasteiger partial charge on any atom is -0.387 e. The SMILES string of the molecule is C[C@H](CNC[C@H](O)c1ccc(F)cc1)NS(=O)(=O)c1ccc2cnccc2c1. The predicted molar refractivity (Wildman–Crippen MR) is 106 cm³/mol. The van der Waals surface area contributed by atoms with Gasteiger partial charge in [-0.1, -0.05) is 18.2 Å². The summed E-state index contributed by atoms with van der Waals surface area (Å²) < 4.78 is 40.7. The molecule has 0 unspecified atom stereocenters. The average molecular weight is 403 g/mol. The number of nitrogens with one attached hydrogen (secondary N) is 2. The van der Waals surface area contributed by atoms with Gasteiger partial charge in [-0.25, -0.2) is 17.5 Å². The van der Waals surface area contributed by atoms with Gasteiger partial charge >= 0.3 is 0 Å². The average Bonchev–Trinajstić information content (AvgIpc) is 2.67. The molecule has 0 aliphatic rings. The van der Waals surface area contributed by atoms with Crippen molar-refractivity contribution in [3.8, 4) is 0 Å². The van der Waals surface area contributed by atoms with Gasteiger partial charge in [-0.3, -0.25) is 4.98 Å². The van der Waals surface area contributed by atoms with E-state index in [0.717, 1.165) is 10.8 Å². The summed E-state index contributed by atoms with van der Waals surface area (Å²) in [5.74, 6) is -0.364. The van der Waals surface area contributed by atoms with Crippen LogP contribution in [-0.4, -0.2) is 37.6 Å². The molecule has 3 rings (SSSR count). The highest BCUT2D eigenvalue weighted by Crippen LogP contribution is 2.18. The second-order valence-corrected chi connectivity index (χ2v) is 8.35. The van der Waals surface area contributed by atoms with Gasteiger partial charge in [0.15, 0.2) is 0 Å². The van der Waals surface area contributed by atoms with Gasteiger partial charge in [0.1, 0.15) is 5.82 Å². The van der Waals surface area contributed by atoms with E-state index in [1.165, 1.54) is 24.3 Å². The second kappa shape index (κ2) is 8.74. The molecule has 0 saturated heterocycles. The highest BCUT2D eigenvalue weighted by molar-refractivity contribution is 7.89. The number of benzene rings is 2. The molecule has 0 aliphatic carbocycles.